The normalized spacial score (nSPS) is 11.0. The van der Waals surface area contributed by atoms with E-state index in [-0.39, 0.29) is 20.1 Å². The third kappa shape index (κ3) is 5.72. The minimum Gasteiger partial charge on any atom is -0.497 e. The van der Waals surface area contributed by atoms with E-state index in [1.807, 2.05) is 91.1 Å². The van der Waals surface area contributed by atoms with Gasteiger partial charge in [-0.3, -0.25) is 0 Å². The van der Waals surface area contributed by atoms with Crippen molar-refractivity contribution in [3.8, 4) is 33.8 Å². The fourth-order valence-electron chi connectivity index (χ4n) is 5.25. The summed E-state index contributed by atoms with van der Waals surface area (Å²) in [6, 6.07) is 44.7. The van der Waals surface area contributed by atoms with Crippen molar-refractivity contribution >= 4 is 32.9 Å². The van der Waals surface area contributed by atoms with Crippen molar-refractivity contribution in [2.24, 2.45) is 0 Å². The van der Waals surface area contributed by atoms with Crippen LogP contribution in [-0.2, 0) is 20.1 Å². The quantitative estimate of drug-likeness (QED) is 0.168. The van der Waals surface area contributed by atoms with Gasteiger partial charge in [0.1, 0.15) is 5.76 Å². The first-order chi connectivity index (χ1) is 21.2. The van der Waals surface area contributed by atoms with E-state index < -0.39 is 0 Å². The van der Waals surface area contributed by atoms with Crippen LogP contribution in [0, 0.1) is 12.1 Å². The molecule has 4 aromatic carbocycles. The Morgan fingerprint density at radius 1 is 0.614 bits per heavy atom. The number of rotatable bonds is 4. The van der Waals surface area contributed by atoms with Gasteiger partial charge in [0, 0.05) is 48.8 Å². The van der Waals surface area contributed by atoms with Gasteiger partial charge in [0.25, 0.3) is 0 Å². The summed E-state index contributed by atoms with van der Waals surface area (Å²) in [6.07, 6.45) is 3.65. The fraction of sp³-hybridized carbons (Fsp3) is 0.0769. The molecule has 0 bridgehead atoms. The van der Waals surface area contributed by atoms with Gasteiger partial charge in [-0.05, 0) is 35.5 Å². The third-order valence-electron chi connectivity index (χ3n) is 7.50. The third-order valence-corrected chi connectivity index (χ3v) is 7.50. The van der Waals surface area contributed by atoms with Gasteiger partial charge in [-0.25, -0.2) is 0 Å². The molecule has 4 heterocycles. The van der Waals surface area contributed by atoms with Crippen LogP contribution in [0.15, 0.2) is 136 Å². The second kappa shape index (κ2) is 12.8. The summed E-state index contributed by atoms with van der Waals surface area (Å²) in [6.45, 7) is 4.37. The van der Waals surface area contributed by atoms with E-state index in [2.05, 4.69) is 66.3 Å². The first-order valence-corrected chi connectivity index (χ1v) is 14.3. The molecule has 0 spiro atoms. The Hall–Kier alpha value is -4.83. The van der Waals surface area contributed by atoms with Gasteiger partial charge >= 0.3 is 0 Å². The monoisotopic (exact) mass is 749 g/mol. The summed E-state index contributed by atoms with van der Waals surface area (Å²) in [5, 5.41) is 3.10. The van der Waals surface area contributed by atoms with Crippen molar-refractivity contribution in [2.75, 3.05) is 0 Å². The van der Waals surface area contributed by atoms with Crippen molar-refractivity contribution in [1.29, 1.82) is 0 Å². The molecule has 0 aliphatic carbocycles. The van der Waals surface area contributed by atoms with E-state index in [0.29, 0.717) is 5.92 Å². The molecule has 0 saturated carbocycles. The Balaban J connectivity index is 0.000000222. The molecule has 217 valence electrons. The molecule has 4 nitrogen and oxygen atoms in total. The Labute approximate surface area is 269 Å². The van der Waals surface area contributed by atoms with Crippen LogP contribution in [0.4, 0.5) is 0 Å². The van der Waals surface area contributed by atoms with E-state index in [1.165, 1.54) is 5.56 Å². The topological polar surface area (TPSA) is 52.1 Å². The van der Waals surface area contributed by atoms with Gasteiger partial charge in [-0.1, -0.05) is 91.0 Å². The van der Waals surface area contributed by atoms with E-state index in [1.54, 1.807) is 6.20 Å². The van der Waals surface area contributed by atoms with Gasteiger partial charge in [0.15, 0.2) is 11.2 Å². The van der Waals surface area contributed by atoms with Crippen LogP contribution in [-0.4, -0.2) is 9.97 Å². The van der Waals surface area contributed by atoms with E-state index in [0.717, 1.165) is 66.7 Å². The van der Waals surface area contributed by atoms with Crippen LogP contribution >= 0.6 is 0 Å². The molecule has 5 heteroatoms. The predicted octanol–water partition coefficient (Wildman–Crippen LogP) is 10.5. The molecule has 0 N–H and O–H groups in total. The largest absolute Gasteiger partial charge is 0.497 e. The fourth-order valence-corrected chi connectivity index (χ4v) is 5.25. The Kier molecular flexibility index (Phi) is 8.51. The molecule has 0 aliphatic rings. The van der Waals surface area contributed by atoms with Crippen LogP contribution < -0.4 is 0 Å². The van der Waals surface area contributed by atoms with Gasteiger partial charge in [-0.2, -0.15) is 0 Å². The molecular weight excluding hydrogens is 721 g/mol. The standard InChI is InChI=1S/C28H20NO2.C11H8N.Ir/c1-17(2)19-13-14-29-24(15-19)23-10-6-9-21-22-12-11-20-16-25(18-7-4-3-5-8-18)30-26(20)28(22)31-27(21)23;1-2-6-10(7-3-1)11-8-4-5-9-12-11;/h3-9,11-17H,1-2H3;1-6,8-9H;/q2*-1;. The molecule has 0 atom stereocenters. The minimum absolute atomic E-state index is 0. The Bertz CT molecular complexity index is 2110. The summed E-state index contributed by atoms with van der Waals surface area (Å²) >= 11 is 0. The van der Waals surface area contributed by atoms with Crippen LogP contribution in [0.3, 0.4) is 0 Å². The number of aromatic nitrogens is 2. The zero-order valence-electron chi connectivity index (χ0n) is 24.2. The zero-order chi connectivity index (χ0) is 29.2. The maximum Gasteiger partial charge on any atom is 0.176 e. The number of furan rings is 2. The van der Waals surface area contributed by atoms with Crippen LogP contribution in [0.5, 0.6) is 0 Å². The van der Waals surface area contributed by atoms with Crippen molar-refractivity contribution in [2.45, 2.75) is 19.8 Å². The molecule has 44 heavy (non-hydrogen) atoms. The summed E-state index contributed by atoms with van der Waals surface area (Å²) in [5.41, 5.74) is 8.36. The van der Waals surface area contributed by atoms with Crippen molar-refractivity contribution in [3.63, 3.8) is 0 Å². The smallest absolute Gasteiger partial charge is 0.176 e. The number of nitrogens with zero attached hydrogens (tertiary/aromatic N) is 2. The molecule has 0 fully saturated rings. The van der Waals surface area contributed by atoms with Gasteiger partial charge in [0.05, 0.1) is 5.58 Å². The number of pyridine rings is 2. The van der Waals surface area contributed by atoms with Crippen molar-refractivity contribution in [1.82, 2.24) is 9.97 Å². The molecule has 0 unspecified atom stereocenters. The summed E-state index contributed by atoms with van der Waals surface area (Å²) in [5.74, 6) is 1.26. The molecule has 0 saturated heterocycles. The van der Waals surface area contributed by atoms with Gasteiger partial charge < -0.3 is 18.8 Å². The first-order valence-electron chi connectivity index (χ1n) is 14.3. The summed E-state index contributed by atoms with van der Waals surface area (Å²) in [7, 11) is 0. The Morgan fingerprint density at radius 2 is 1.41 bits per heavy atom. The SMILES string of the molecule is CC(C)c1ccnc(-c2[c-]ccc3c2oc2c3ccc3cc(-c4ccccc4)oc32)c1.[Ir].[c-]1ccccc1-c1ccccn1. The number of benzene rings is 4. The molecule has 0 amide bonds. The minimum atomic E-state index is 0. The number of fused-ring (bicyclic) bond motifs is 5. The van der Waals surface area contributed by atoms with Gasteiger partial charge in [-0.15, -0.1) is 54.1 Å². The van der Waals surface area contributed by atoms with Crippen LogP contribution in [0.2, 0.25) is 0 Å². The van der Waals surface area contributed by atoms with E-state index >= 15 is 0 Å². The zero-order valence-corrected chi connectivity index (χ0v) is 26.6. The number of hydrogen-bond donors (Lipinski definition) is 0. The second-order valence-corrected chi connectivity index (χ2v) is 10.7. The van der Waals surface area contributed by atoms with E-state index in [9.17, 15) is 0 Å². The Morgan fingerprint density at radius 3 is 2.18 bits per heavy atom. The average molecular weight is 749 g/mol. The van der Waals surface area contributed by atoms with E-state index in [4.69, 9.17) is 8.83 Å². The van der Waals surface area contributed by atoms with Crippen LogP contribution in [0.25, 0.3) is 66.7 Å². The summed E-state index contributed by atoms with van der Waals surface area (Å²) in [4.78, 5) is 8.82. The van der Waals surface area contributed by atoms with Crippen LogP contribution in [0.1, 0.15) is 25.3 Å². The maximum absolute atomic E-state index is 6.44. The molecule has 1 radical (unpaired) electrons. The first kappa shape index (κ1) is 29.3. The molecule has 4 aromatic heterocycles. The summed E-state index contributed by atoms with van der Waals surface area (Å²) < 4.78 is 12.7. The van der Waals surface area contributed by atoms with Crippen molar-refractivity contribution in [3.05, 3.63) is 145 Å². The van der Waals surface area contributed by atoms with Gasteiger partial charge in [0.2, 0.25) is 0 Å². The predicted molar refractivity (Wildman–Crippen MR) is 174 cm³/mol. The molecular formula is C39H28IrN2O2-2. The second-order valence-electron chi connectivity index (χ2n) is 10.7. The average Bonchev–Trinajstić information content (AvgIpc) is 3.68. The van der Waals surface area contributed by atoms with Crippen molar-refractivity contribution < 1.29 is 28.9 Å². The molecule has 8 rings (SSSR count). The number of hydrogen-bond acceptors (Lipinski definition) is 4. The molecule has 8 aromatic rings. The molecule has 0 aliphatic heterocycles. The maximum atomic E-state index is 6.44.